The third-order valence-corrected chi connectivity index (χ3v) is 3.65. The Morgan fingerprint density at radius 2 is 1.47 bits per heavy atom. The summed E-state index contributed by atoms with van der Waals surface area (Å²) in [6.45, 7) is 12.0. The lowest BCUT2D eigenvalue weighted by Crippen LogP contribution is -2.35. The SMILES string of the molecule is CCC(C)(CCOC(C)(C)CCNC)OCCNC. The fourth-order valence-electron chi connectivity index (χ4n) is 1.79. The maximum Gasteiger partial charge on any atom is 0.0674 e. The van der Waals surface area contributed by atoms with Crippen LogP contribution in [-0.4, -0.2) is 51.6 Å². The number of hydrogen-bond donors (Lipinski definition) is 2. The molecule has 116 valence electrons. The minimum atomic E-state index is -0.0735. The molecule has 0 aromatic heterocycles. The van der Waals surface area contributed by atoms with Crippen LogP contribution in [0.4, 0.5) is 0 Å². The quantitative estimate of drug-likeness (QED) is 0.535. The number of nitrogens with one attached hydrogen (secondary N) is 2. The summed E-state index contributed by atoms with van der Waals surface area (Å²) in [6, 6.07) is 0. The summed E-state index contributed by atoms with van der Waals surface area (Å²) in [4.78, 5) is 0. The van der Waals surface area contributed by atoms with Crippen LogP contribution in [0.25, 0.3) is 0 Å². The van der Waals surface area contributed by atoms with E-state index in [4.69, 9.17) is 9.47 Å². The van der Waals surface area contributed by atoms with Crippen LogP contribution in [0.1, 0.15) is 47.0 Å². The van der Waals surface area contributed by atoms with Crippen LogP contribution in [0.15, 0.2) is 0 Å². The first-order valence-electron chi connectivity index (χ1n) is 7.46. The molecule has 0 fully saturated rings. The second-order valence-corrected chi connectivity index (χ2v) is 5.97. The van der Waals surface area contributed by atoms with E-state index >= 15 is 0 Å². The molecule has 0 spiro atoms. The molecule has 1 atom stereocenters. The number of ether oxygens (including phenoxy) is 2. The molecule has 19 heavy (non-hydrogen) atoms. The molecule has 1 unspecified atom stereocenters. The topological polar surface area (TPSA) is 42.5 Å². The van der Waals surface area contributed by atoms with Gasteiger partial charge in [0, 0.05) is 6.54 Å². The molecule has 2 N–H and O–H groups in total. The first-order chi connectivity index (χ1) is 8.89. The van der Waals surface area contributed by atoms with Gasteiger partial charge in [0.25, 0.3) is 0 Å². The average Bonchev–Trinajstić information content (AvgIpc) is 2.36. The molecule has 0 rings (SSSR count). The van der Waals surface area contributed by atoms with Crippen molar-refractivity contribution in [1.82, 2.24) is 10.6 Å². The average molecular weight is 274 g/mol. The molecule has 0 radical (unpaired) electrons. The summed E-state index contributed by atoms with van der Waals surface area (Å²) in [5.41, 5.74) is -0.140. The molecule has 0 aromatic rings. The summed E-state index contributed by atoms with van der Waals surface area (Å²) in [5, 5.41) is 6.27. The zero-order valence-electron chi connectivity index (χ0n) is 13.8. The van der Waals surface area contributed by atoms with Crippen molar-refractivity contribution in [2.24, 2.45) is 0 Å². The number of rotatable bonds is 12. The molecular formula is C15H34N2O2. The van der Waals surface area contributed by atoms with Crippen molar-refractivity contribution in [3.8, 4) is 0 Å². The summed E-state index contributed by atoms with van der Waals surface area (Å²) in [5.74, 6) is 0. The smallest absolute Gasteiger partial charge is 0.0674 e. The van der Waals surface area contributed by atoms with Crippen LogP contribution in [0.3, 0.4) is 0 Å². The Balaban J connectivity index is 3.98. The Kier molecular flexibility index (Phi) is 9.62. The lowest BCUT2D eigenvalue weighted by Gasteiger charge is -2.31. The van der Waals surface area contributed by atoms with Crippen molar-refractivity contribution >= 4 is 0 Å². The van der Waals surface area contributed by atoms with E-state index in [2.05, 4.69) is 38.3 Å². The second kappa shape index (κ2) is 9.70. The molecule has 0 saturated carbocycles. The fraction of sp³-hybridized carbons (Fsp3) is 1.00. The molecule has 0 heterocycles. The van der Waals surface area contributed by atoms with Gasteiger partial charge in [0.1, 0.15) is 0 Å². The Morgan fingerprint density at radius 1 is 0.842 bits per heavy atom. The maximum absolute atomic E-state index is 6.00. The molecule has 4 nitrogen and oxygen atoms in total. The lowest BCUT2D eigenvalue weighted by atomic mass is 9.99. The van der Waals surface area contributed by atoms with E-state index in [-0.39, 0.29) is 11.2 Å². The molecule has 0 aromatic carbocycles. The summed E-state index contributed by atoms with van der Waals surface area (Å²) < 4.78 is 12.0. The van der Waals surface area contributed by atoms with Crippen LogP contribution in [0.2, 0.25) is 0 Å². The molecule has 0 amide bonds. The van der Waals surface area contributed by atoms with E-state index < -0.39 is 0 Å². The molecule has 0 bridgehead atoms. The molecule has 0 aliphatic carbocycles. The Labute approximate surface area is 119 Å². The van der Waals surface area contributed by atoms with Gasteiger partial charge in [-0.05, 0) is 60.7 Å². The molecular weight excluding hydrogens is 240 g/mol. The molecule has 4 heteroatoms. The minimum absolute atomic E-state index is 0.0668. The van der Waals surface area contributed by atoms with Crippen molar-refractivity contribution < 1.29 is 9.47 Å². The van der Waals surface area contributed by atoms with Crippen LogP contribution >= 0.6 is 0 Å². The van der Waals surface area contributed by atoms with Gasteiger partial charge in [-0.1, -0.05) is 6.92 Å². The van der Waals surface area contributed by atoms with Gasteiger partial charge in [-0.3, -0.25) is 0 Å². The Morgan fingerprint density at radius 3 is 2.00 bits per heavy atom. The van der Waals surface area contributed by atoms with Gasteiger partial charge in [-0.15, -0.1) is 0 Å². The second-order valence-electron chi connectivity index (χ2n) is 5.97. The van der Waals surface area contributed by atoms with Gasteiger partial charge < -0.3 is 20.1 Å². The lowest BCUT2D eigenvalue weighted by molar-refractivity contribution is -0.0821. The maximum atomic E-state index is 6.00. The fourth-order valence-corrected chi connectivity index (χ4v) is 1.79. The van der Waals surface area contributed by atoms with Gasteiger partial charge >= 0.3 is 0 Å². The van der Waals surface area contributed by atoms with E-state index in [0.29, 0.717) is 0 Å². The van der Waals surface area contributed by atoms with Gasteiger partial charge in [0.15, 0.2) is 0 Å². The Bertz CT molecular complexity index is 222. The third kappa shape index (κ3) is 9.38. The summed E-state index contributed by atoms with van der Waals surface area (Å²) in [7, 11) is 3.92. The molecule has 0 aliphatic heterocycles. The summed E-state index contributed by atoms with van der Waals surface area (Å²) >= 11 is 0. The van der Waals surface area contributed by atoms with E-state index in [1.807, 2.05) is 14.1 Å². The highest BCUT2D eigenvalue weighted by molar-refractivity contribution is 4.75. The van der Waals surface area contributed by atoms with Crippen LogP contribution < -0.4 is 10.6 Å². The van der Waals surface area contributed by atoms with Crippen molar-refractivity contribution in [2.75, 3.05) is 40.4 Å². The van der Waals surface area contributed by atoms with E-state index in [9.17, 15) is 0 Å². The molecule has 0 saturated heterocycles. The van der Waals surface area contributed by atoms with Gasteiger partial charge in [-0.2, -0.15) is 0 Å². The van der Waals surface area contributed by atoms with Crippen molar-refractivity contribution in [3.05, 3.63) is 0 Å². The zero-order chi connectivity index (χ0) is 14.8. The van der Waals surface area contributed by atoms with Crippen molar-refractivity contribution in [2.45, 2.75) is 58.2 Å². The van der Waals surface area contributed by atoms with Crippen LogP contribution in [0, 0.1) is 0 Å². The molecule has 0 aliphatic rings. The number of likely N-dealkylation sites (N-methyl/N-ethyl adjacent to an activating group) is 1. The first-order valence-corrected chi connectivity index (χ1v) is 7.46. The zero-order valence-corrected chi connectivity index (χ0v) is 13.8. The standard InChI is InChI=1S/C15H34N2O2/c1-7-15(4,19-13-11-17-6)9-12-18-14(2,3)8-10-16-5/h16-17H,7-13H2,1-6H3. The van der Waals surface area contributed by atoms with Crippen LogP contribution in [-0.2, 0) is 9.47 Å². The number of hydrogen-bond acceptors (Lipinski definition) is 4. The highest BCUT2D eigenvalue weighted by atomic mass is 16.5. The monoisotopic (exact) mass is 274 g/mol. The van der Waals surface area contributed by atoms with Gasteiger partial charge in [0.2, 0.25) is 0 Å². The minimum Gasteiger partial charge on any atom is -0.375 e. The highest BCUT2D eigenvalue weighted by Gasteiger charge is 2.24. The van der Waals surface area contributed by atoms with E-state index in [1.54, 1.807) is 0 Å². The predicted octanol–water partition coefficient (Wildman–Crippen LogP) is 2.19. The highest BCUT2D eigenvalue weighted by Crippen LogP contribution is 2.22. The van der Waals surface area contributed by atoms with E-state index in [1.165, 1.54) is 0 Å². The van der Waals surface area contributed by atoms with Crippen molar-refractivity contribution in [1.29, 1.82) is 0 Å². The van der Waals surface area contributed by atoms with Gasteiger partial charge in [0.05, 0.1) is 24.4 Å². The van der Waals surface area contributed by atoms with Crippen molar-refractivity contribution in [3.63, 3.8) is 0 Å². The van der Waals surface area contributed by atoms with Gasteiger partial charge in [-0.25, -0.2) is 0 Å². The van der Waals surface area contributed by atoms with Crippen LogP contribution in [0.5, 0.6) is 0 Å². The Hall–Kier alpha value is -0.160. The van der Waals surface area contributed by atoms with E-state index in [0.717, 1.165) is 45.6 Å². The first kappa shape index (κ1) is 18.8. The normalized spacial score (nSPS) is 15.5. The summed E-state index contributed by atoms with van der Waals surface area (Å²) in [6.07, 6.45) is 2.97. The third-order valence-electron chi connectivity index (χ3n) is 3.65. The predicted molar refractivity (Wildman–Crippen MR) is 81.8 cm³/mol. The largest absolute Gasteiger partial charge is 0.375 e.